The van der Waals surface area contributed by atoms with E-state index >= 15 is 0 Å². The van der Waals surface area contributed by atoms with Crippen molar-refractivity contribution >= 4 is 0 Å². The molecule has 1 atom stereocenters. The Bertz CT molecular complexity index is 364. The van der Waals surface area contributed by atoms with Crippen molar-refractivity contribution in [3.63, 3.8) is 0 Å². The summed E-state index contributed by atoms with van der Waals surface area (Å²) in [5, 5.41) is 3.73. The Morgan fingerprint density at radius 2 is 1.83 bits per heavy atom. The first-order chi connectivity index (χ1) is 8.76. The topological polar surface area (TPSA) is 12.0 Å². The lowest BCUT2D eigenvalue weighted by atomic mass is 9.81. The van der Waals surface area contributed by atoms with E-state index in [1.54, 1.807) is 5.56 Å². The molecule has 1 N–H and O–H groups in total. The Kier molecular flexibility index (Phi) is 4.82. The highest BCUT2D eigenvalue weighted by atomic mass is 14.9. The fraction of sp³-hybridized carbons (Fsp3) is 0.647. The van der Waals surface area contributed by atoms with Gasteiger partial charge in [0.2, 0.25) is 0 Å². The first kappa shape index (κ1) is 13.6. The molecule has 1 aromatic carbocycles. The van der Waals surface area contributed by atoms with Crippen LogP contribution in [0.15, 0.2) is 24.3 Å². The first-order valence-corrected chi connectivity index (χ1v) is 7.55. The Morgan fingerprint density at radius 1 is 1.17 bits per heavy atom. The number of hydrogen-bond donors (Lipinski definition) is 1. The van der Waals surface area contributed by atoms with Crippen molar-refractivity contribution in [2.45, 2.75) is 58.4 Å². The summed E-state index contributed by atoms with van der Waals surface area (Å²) in [6.07, 6.45) is 5.32. The van der Waals surface area contributed by atoms with E-state index in [2.05, 4.69) is 50.4 Å². The molecule has 0 heterocycles. The zero-order valence-electron chi connectivity index (χ0n) is 12.1. The van der Waals surface area contributed by atoms with E-state index < -0.39 is 0 Å². The molecule has 100 valence electrons. The van der Waals surface area contributed by atoms with Gasteiger partial charge in [-0.3, -0.25) is 0 Å². The summed E-state index contributed by atoms with van der Waals surface area (Å²) in [5.41, 5.74) is 3.01. The van der Waals surface area contributed by atoms with Gasteiger partial charge in [0.1, 0.15) is 0 Å². The van der Waals surface area contributed by atoms with E-state index in [4.69, 9.17) is 0 Å². The molecule has 1 aliphatic rings. The predicted octanol–water partition coefficient (Wildman–Crippen LogP) is 4.27. The van der Waals surface area contributed by atoms with Gasteiger partial charge >= 0.3 is 0 Å². The summed E-state index contributed by atoms with van der Waals surface area (Å²) < 4.78 is 0. The van der Waals surface area contributed by atoms with Gasteiger partial charge in [0.25, 0.3) is 0 Å². The summed E-state index contributed by atoms with van der Waals surface area (Å²) >= 11 is 0. The lowest BCUT2D eigenvalue weighted by Crippen LogP contribution is -2.28. The maximum atomic E-state index is 3.73. The minimum Gasteiger partial charge on any atom is -0.313 e. The van der Waals surface area contributed by atoms with Gasteiger partial charge in [-0.25, -0.2) is 0 Å². The first-order valence-electron chi connectivity index (χ1n) is 7.55. The fourth-order valence-electron chi connectivity index (χ4n) is 2.97. The largest absolute Gasteiger partial charge is 0.313 e. The standard InChI is InChI=1S/C17H27N/c1-4-14(5-2)17(12-18-15-10-11-15)16-9-7-6-8-13(16)3/h6-9,14-15,17-18H,4-5,10-12H2,1-3H3. The van der Waals surface area contributed by atoms with Crippen LogP contribution in [0.2, 0.25) is 0 Å². The van der Waals surface area contributed by atoms with Crippen LogP contribution in [0.1, 0.15) is 56.6 Å². The zero-order chi connectivity index (χ0) is 13.0. The molecule has 1 saturated carbocycles. The minimum atomic E-state index is 0.682. The molecule has 1 aromatic rings. The second-order valence-electron chi connectivity index (χ2n) is 5.72. The number of nitrogens with one attached hydrogen (secondary N) is 1. The molecule has 1 aliphatic carbocycles. The van der Waals surface area contributed by atoms with Crippen molar-refractivity contribution in [2.24, 2.45) is 5.92 Å². The Morgan fingerprint density at radius 3 is 2.39 bits per heavy atom. The van der Waals surface area contributed by atoms with Crippen LogP contribution in [0.3, 0.4) is 0 Å². The number of aryl methyl sites for hydroxylation is 1. The van der Waals surface area contributed by atoms with Crippen LogP contribution in [0, 0.1) is 12.8 Å². The normalized spacial score (nSPS) is 17.1. The Balaban J connectivity index is 2.13. The predicted molar refractivity (Wildman–Crippen MR) is 79.0 cm³/mol. The summed E-state index contributed by atoms with van der Waals surface area (Å²) in [6, 6.07) is 9.73. The van der Waals surface area contributed by atoms with Gasteiger partial charge in [-0.1, -0.05) is 51.0 Å². The maximum Gasteiger partial charge on any atom is 0.00684 e. The molecular formula is C17H27N. The molecule has 0 bridgehead atoms. The van der Waals surface area contributed by atoms with Crippen molar-refractivity contribution in [2.75, 3.05) is 6.54 Å². The van der Waals surface area contributed by atoms with E-state index in [0.29, 0.717) is 5.92 Å². The monoisotopic (exact) mass is 245 g/mol. The molecule has 1 fully saturated rings. The lowest BCUT2D eigenvalue weighted by molar-refractivity contribution is 0.378. The zero-order valence-corrected chi connectivity index (χ0v) is 12.1. The van der Waals surface area contributed by atoms with E-state index in [0.717, 1.165) is 18.5 Å². The lowest BCUT2D eigenvalue weighted by Gasteiger charge is -2.27. The molecule has 0 aliphatic heterocycles. The molecular weight excluding hydrogens is 218 g/mol. The third-order valence-corrected chi connectivity index (χ3v) is 4.41. The highest BCUT2D eigenvalue weighted by Crippen LogP contribution is 2.32. The molecule has 0 radical (unpaired) electrons. The van der Waals surface area contributed by atoms with Crippen molar-refractivity contribution in [3.8, 4) is 0 Å². The quantitative estimate of drug-likeness (QED) is 0.756. The molecule has 1 heteroatoms. The average molecular weight is 245 g/mol. The molecule has 1 unspecified atom stereocenters. The Hall–Kier alpha value is -0.820. The summed E-state index contributed by atoms with van der Waals surface area (Å²) in [6.45, 7) is 8.07. The summed E-state index contributed by atoms with van der Waals surface area (Å²) in [4.78, 5) is 0. The van der Waals surface area contributed by atoms with E-state index in [1.165, 1.54) is 31.2 Å². The summed E-state index contributed by atoms with van der Waals surface area (Å²) in [5.74, 6) is 1.49. The molecule has 0 saturated heterocycles. The molecule has 0 amide bonds. The van der Waals surface area contributed by atoms with Gasteiger partial charge in [0, 0.05) is 12.6 Å². The summed E-state index contributed by atoms with van der Waals surface area (Å²) in [7, 11) is 0. The second kappa shape index (κ2) is 6.38. The average Bonchev–Trinajstić information content (AvgIpc) is 3.20. The molecule has 2 rings (SSSR count). The van der Waals surface area contributed by atoms with Gasteiger partial charge < -0.3 is 5.32 Å². The number of hydrogen-bond acceptors (Lipinski definition) is 1. The number of rotatable bonds is 7. The van der Waals surface area contributed by atoms with E-state index in [-0.39, 0.29) is 0 Å². The third-order valence-electron chi connectivity index (χ3n) is 4.41. The number of benzene rings is 1. The van der Waals surface area contributed by atoms with Gasteiger partial charge in [-0.05, 0) is 42.7 Å². The van der Waals surface area contributed by atoms with Crippen molar-refractivity contribution in [1.82, 2.24) is 5.32 Å². The van der Waals surface area contributed by atoms with Crippen molar-refractivity contribution in [1.29, 1.82) is 0 Å². The van der Waals surface area contributed by atoms with Gasteiger partial charge in [0.05, 0.1) is 0 Å². The van der Waals surface area contributed by atoms with Crippen LogP contribution in [-0.4, -0.2) is 12.6 Å². The molecule has 18 heavy (non-hydrogen) atoms. The SMILES string of the molecule is CCC(CC)C(CNC1CC1)c1ccccc1C. The molecule has 0 spiro atoms. The van der Waals surface area contributed by atoms with Crippen LogP contribution in [0.4, 0.5) is 0 Å². The van der Waals surface area contributed by atoms with Crippen LogP contribution < -0.4 is 5.32 Å². The van der Waals surface area contributed by atoms with Crippen LogP contribution in [0.25, 0.3) is 0 Å². The molecule has 0 aromatic heterocycles. The van der Waals surface area contributed by atoms with Gasteiger partial charge in [-0.2, -0.15) is 0 Å². The van der Waals surface area contributed by atoms with Crippen molar-refractivity contribution in [3.05, 3.63) is 35.4 Å². The minimum absolute atomic E-state index is 0.682. The molecule has 1 nitrogen and oxygen atoms in total. The maximum absolute atomic E-state index is 3.73. The van der Waals surface area contributed by atoms with Crippen LogP contribution in [0.5, 0.6) is 0 Å². The highest BCUT2D eigenvalue weighted by Gasteiger charge is 2.26. The smallest absolute Gasteiger partial charge is 0.00684 e. The van der Waals surface area contributed by atoms with Crippen LogP contribution in [-0.2, 0) is 0 Å². The second-order valence-corrected chi connectivity index (χ2v) is 5.72. The van der Waals surface area contributed by atoms with Gasteiger partial charge in [0.15, 0.2) is 0 Å². The fourth-order valence-corrected chi connectivity index (χ4v) is 2.97. The van der Waals surface area contributed by atoms with E-state index in [9.17, 15) is 0 Å². The van der Waals surface area contributed by atoms with Crippen LogP contribution >= 0.6 is 0 Å². The van der Waals surface area contributed by atoms with Gasteiger partial charge in [-0.15, -0.1) is 0 Å². The van der Waals surface area contributed by atoms with Crippen molar-refractivity contribution < 1.29 is 0 Å². The Labute approximate surface area is 112 Å². The highest BCUT2D eigenvalue weighted by molar-refractivity contribution is 5.30. The van der Waals surface area contributed by atoms with E-state index in [1.807, 2.05) is 0 Å². The third kappa shape index (κ3) is 3.35.